The maximum atomic E-state index is 11.5. The first-order chi connectivity index (χ1) is 7.61. The zero-order valence-corrected chi connectivity index (χ0v) is 10.4. The lowest BCUT2D eigenvalue weighted by Crippen LogP contribution is -2.47. The summed E-state index contributed by atoms with van der Waals surface area (Å²) in [6.07, 6.45) is 2.08. The summed E-state index contributed by atoms with van der Waals surface area (Å²) in [4.78, 5) is 15.8. The average Bonchev–Trinajstić information content (AvgIpc) is 2.20. The van der Waals surface area contributed by atoms with E-state index >= 15 is 0 Å². The maximum absolute atomic E-state index is 11.5. The second-order valence-corrected chi connectivity index (χ2v) is 4.71. The van der Waals surface area contributed by atoms with Crippen molar-refractivity contribution >= 4 is 5.91 Å². The van der Waals surface area contributed by atoms with E-state index in [2.05, 4.69) is 10.2 Å². The molecule has 3 N–H and O–H groups in total. The van der Waals surface area contributed by atoms with Gasteiger partial charge in [-0.05, 0) is 26.9 Å². The minimum atomic E-state index is 0.127. The smallest absolute Gasteiger partial charge is 0.234 e. The van der Waals surface area contributed by atoms with E-state index in [1.165, 1.54) is 0 Å². The summed E-state index contributed by atoms with van der Waals surface area (Å²) < 4.78 is 0. The largest absolute Gasteiger partial charge is 0.352 e. The second kappa shape index (κ2) is 6.83. The Kier molecular flexibility index (Phi) is 5.73. The fourth-order valence-electron chi connectivity index (χ4n) is 2.04. The molecule has 0 bridgehead atoms. The Morgan fingerprint density at radius 2 is 2.06 bits per heavy atom. The standard InChI is InChI=1S/C11H24N4O/c1-14(2)9-11(16)13-10-3-6-15(7-4-10)8-5-12/h10H,3-9,12H2,1-2H3,(H,13,16). The van der Waals surface area contributed by atoms with Crippen LogP contribution in [0.3, 0.4) is 0 Å². The third-order valence-corrected chi connectivity index (χ3v) is 2.86. The van der Waals surface area contributed by atoms with E-state index < -0.39 is 0 Å². The van der Waals surface area contributed by atoms with Gasteiger partial charge in [0.15, 0.2) is 0 Å². The van der Waals surface area contributed by atoms with E-state index in [-0.39, 0.29) is 5.91 Å². The number of hydrogen-bond acceptors (Lipinski definition) is 4. The number of rotatable bonds is 5. The number of nitrogens with two attached hydrogens (primary N) is 1. The molecule has 1 heterocycles. The van der Waals surface area contributed by atoms with Gasteiger partial charge < -0.3 is 20.9 Å². The summed E-state index contributed by atoms with van der Waals surface area (Å²) in [5.74, 6) is 0.127. The first-order valence-corrected chi connectivity index (χ1v) is 5.98. The average molecular weight is 228 g/mol. The van der Waals surface area contributed by atoms with Crippen molar-refractivity contribution < 1.29 is 4.79 Å². The van der Waals surface area contributed by atoms with E-state index in [0.717, 1.165) is 39.0 Å². The number of carbonyl (C=O) groups excluding carboxylic acids is 1. The zero-order chi connectivity index (χ0) is 12.0. The molecule has 1 saturated heterocycles. The van der Waals surface area contributed by atoms with Gasteiger partial charge in [0, 0.05) is 32.2 Å². The number of amides is 1. The zero-order valence-electron chi connectivity index (χ0n) is 10.4. The van der Waals surface area contributed by atoms with Crippen LogP contribution in [0.5, 0.6) is 0 Å². The topological polar surface area (TPSA) is 61.6 Å². The number of nitrogens with zero attached hydrogens (tertiary/aromatic N) is 2. The Bertz CT molecular complexity index is 212. The van der Waals surface area contributed by atoms with Crippen molar-refractivity contribution in [2.75, 3.05) is 46.8 Å². The molecule has 0 aromatic heterocycles. The van der Waals surface area contributed by atoms with Crippen LogP contribution < -0.4 is 11.1 Å². The maximum Gasteiger partial charge on any atom is 0.234 e. The van der Waals surface area contributed by atoms with Crippen LogP contribution in [0.4, 0.5) is 0 Å². The minimum absolute atomic E-state index is 0.127. The molecule has 0 atom stereocenters. The van der Waals surface area contributed by atoms with Crippen LogP contribution in [-0.2, 0) is 4.79 Å². The highest BCUT2D eigenvalue weighted by Crippen LogP contribution is 2.09. The van der Waals surface area contributed by atoms with Gasteiger partial charge in [-0.25, -0.2) is 0 Å². The van der Waals surface area contributed by atoms with Crippen molar-refractivity contribution in [1.82, 2.24) is 15.1 Å². The van der Waals surface area contributed by atoms with Crippen LogP contribution in [0.25, 0.3) is 0 Å². The van der Waals surface area contributed by atoms with Crippen molar-refractivity contribution in [1.29, 1.82) is 0 Å². The van der Waals surface area contributed by atoms with Gasteiger partial charge in [-0.3, -0.25) is 4.79 Å². The number of carbonyl (C=O) groups is 1. The van der Waals surface area contributed by atoms with Gasteiger partial charge in [0.25, 0.3) is 0 Å². The SMILES string of the molecule is CN(C)CC(=O)NC1CCN(CCN)CC1. The lowest BCUT2D eigenvalue weighted by molar-refractivity contribution is -0.122. The molecule has 5 nitrogen and oxygen atoms in total. The number of hydrogen-bond donors (Lipinski definition) is 2. The molecule has 1 aliphatic rings. The molecule has 0 aromatic rings. The Balaban J connectivity index is 2.19. The predicted molar refractivity (Wildman–Crippen MR) is 65.2 cm³/mol. The molecule has 1 fully saturated rings. The van der Waals surface area contributed by atoms with E-state index in [9.17, 15) is 4.79 Å². The normalized spacial score (nSPS) is 19.0. The summed E-state index contributed by atoms with van der Waals surface area (Å²) in [6, 6.07) is 0.349. The lowest BCUT2D eigenvalue weighted by Gasteiger charge is -2.32. The van der Waals surface area contributed by atoms with Gasteiger partial charge in [-0.2, -0.15) is 0 Å². The predicted octanol–water partition coefficient (Wildman–Crippen LogP) is -0.913. The van der Waals surface area contributed by atoms with Crippen LogP contribution in [0.1, 0.15) is 12.8 Å². The molecule has 0 saturated carbocycles. The van der Waals surface area contributed by atoms with Crippen molar-refractivity contribution in [3.63, 3.8) is 0 Å². The van der Waals surface area contributed by atoms with Crippen molar-refractivity contribution in [2.45, 2.75) is 18.9 Å². The van der Waals surface area contributed by atoms with Crippen LogP contribution in [0.2, 0.25) is 0 Å². The molecule has 0 spiro atoms. The number of nitrogens with one attached hydrogen (secondary N) is 1. The van der Waals surface area contributed by atoms with E-state index in [0.29, 0.717) is 12.6 Å². The fraction of sp³-hybridized carbons (Fsp3) is 0.909. The molecule has 1 amide bonds. The lowest BCUT2D eigenvalue weighted by atomic mass is 10.1. The molecule has 0 aliphatic carbocycles. The van der Waals surface area contributed by atoms with Gasteiger partial charge in [0.1, 0.15) is 0 Å². The summed E-state index contributed by atoms with van der Waals surface area (Å²) in [6.45, 7) is 4.26. The molecule has 94 valence electrons. The third kappa shape index (κ3) is 4.92. The number of likely N-dealkylation sites (tertiary alicyclic amines) is 1. The van der Waals surface area contributed by atoms with E-state index in [4.69, 9.17) is 5.73 Å². The van der Waals surface area contributed by atoms with Gasteiger partial charge in [0.05, 0.1) is 6.54 Å². The molecule has 0 aromatic carbocycles. The van der Waals surface area contributed by atoms with E-state index in [1.807, 2.05) is 19.0 Å². The summed E-state index contributed by atoms with van der Waals surface area (Å²) in [5, 5.41) is 3.07. The summed E-state index contributed by atoms with van der Waals surface area (Å²) >= 11 is 0. The fourth-order valence-corrected chi connectivity index (χ4v) is 2.04. The number of piperidine rings is 1. The van der Waals surface area contributed by atoms with Crippen LogP contribution in [0.15, 0.2) is 0 Å². The minimum Gasteiger partial charge on any atom is -0.352 e. The van der Waals surface area contributed by atoms with Crippen LogP contribution in [0, 0.1) is 0 Å². The number of likely N-dealkylation sites (N-methyl/N-ethyl adjacent to an activating group) is 1. The molecule has 16 heavy (non-hydrogen) atoms. The first kappa shape index (κ1) is 13.4. The quantitative estimate of drug-likeness (QED) is 0.639. The molecule has 1 rings (SSSR count). The molecule has 1 aliphatic heterocycles. The van der Waals surface area contributed by atoms with Gasteiger partial charge >= 0.3 is 0 Å². The Hall–Kier alpha value is -0.650. The van der Waals surface area contributed by atoms with Crippen LogP contribution in [-0.4, -0.2) is 68.6 Å². The molecular formula is C11H24N4O. The Labute approximate surface area is 98.0 Å². The Morgan fingerprint density at radius 3 is 2.56 bits per heavy atom. The van der Waals surface area contributed by atoms with E-state index in [1.54, 1.807) is 0 Å². The molecule has 0 unspecified atom stereocenters. The van der Waals surface area contributed by atoms with Gasteiger partial charge in [0.2, 0.25) is 5.91 Å². The van der Waals surface area contributed by atoms with Crippen molar-refractivity contribution in [2.24, 2.45) is 5.73 Å². The molecular weight excluding hydrogens is 204 g/mol. The van der Waals surface area contributed by atoms with Crippen molar-refractivity contribution in [3.8, 4) is 0 Å². The van der Waals surface area contributed by atoms with Gasteiger partial charge in [-0.15, -0.1) is 0 Å². The second-order valence-electron chi connectivity index (χ2n) is 4.71. The highest BCUT2D eigenvalue weighted by molar-refractivity contribution is 5.78. The molecule has 5 heteroatoms. The highest BCUT2D eigenvalue weighted by Gasteiger charge is 2.19. The summed E-state index contributed by atoms with van der Waals surface area (Å²) in [5.41, 5.74) is 5.51. The van der Waals surface area contributed by atoms with Gasteiger partial charge in [-0.1, -0.05) is 0 Å². The highest BCUT2D eigenvalue weighted by atomic mass is 16.2. The van der Waals surface area contributed by atoms with Crippen molar-refractivity contribution in [3.05, 3.63) is 0 Å². The third-order valence-electron chi connectivity index (χ3n) is 2.86. The monoisotopic (exact) mass is 228 g/mol. The van der Waals surface area contributed by atoms with Crippen LogP contribution >= 0.6 is 0 Å². The first-order valence-electron chi connectivity index (χ1n) is 5.98. The Morgan fingerprint density at radius 1 is 1.44 bits per heavy atom. The molecule has 0 radical (unpaired) electrons. The summed E-state index contributed by atoms with van der Waals surface area (Å²) in [7, 11) is 3.81.